The molecule has 0 aliphatic rings. The number of pyridine rings is 1. The normalized spacial score (nSPS) is 10.3. The van der Waals surface area contributed by atoms with Crippen molar-refractivity contribution in [3.8, 4) is 0 Å². The third-order valence-electron chi connectivity index (χ3n) is 2.53. The van der Waals surface area contributed by atoms with Crippen LogP contribution in [0, 0.1) is 0 Å². The molecule has 0 spiro atoms. The SMILES string of the molecule is NCc1ccc(C(=O)NCCc2cnc[nH]2)nc1. The Bertz CT molecular complexity index is 492. The first-order valence-corrected chi connectivity index (χ1v) is 5.70. The largest absolute Gasteiger partial charge is 0.350 e. The molecule has 0 atom stereocenters. The zero-order valence-electron chi connectivity index (χ0n) is 9.89. The lowest BCUT2D eigenvalue weighted by Gasteiger charge is -2.04. The Morgan fingerprint density at radius 1 is 1.39 bits per heavy atom. The average Bonchev–Trinajstić information content (AvgIpc) is 2.92. The molecule has 0 bridgehead atoms. The monoisotopic (exact) mass is 245 g/mol. The first kappa shape index (κ1) is 12.3. The standard InChI is InChI=1S/C12H15N5O/c13-5-9-1-2-11(16-6-9)12(18)15-4-3-10-7-14-8-17-10/h1-2,6-8H,3-5,13H2,(H,14,17)(H,15,18). The summed E-state index contributed by atoms with van der Waals surface area (Å²) in [6.45, 7) is 0.968. The van der Waals surface area contributed by atoms with Crippen molar-refractivity contribution in [1.82, 2.24) is 20.3 Å². The number of aromatic nitrogens is 3. The molecule has 6 heteroatoms. The zero-order chi connectivity index (χ0) is 12.8. The Hall–Kier alpha value is -2.21. The number of nitrogens with zero attached hydrogens (tertiary/aromatic N) is 2. The maximum atomic E-state index is 11.7. The van der Waals surface area contributed by atoms with Gasteiger partial charge in [0.15, 0.2) is 0 Å². The maximum absolute atomic E-state index is 11.7. The summed E-state index contributed by atoms with van der Waals surface area (Å²) in [7, 11) is 0. The van der Waals surface area contributed by atoms with E-state index in [4.69, 9.17) is 5.73 Å². The predicted molar refractivity (Wildman–Crippen MR) is 66.8 cm³/mol. The summed E-state index contributed by atoms with van der Waals surface area (Å²) in [6, 6.07) is 3.48. The summed E-state index contributed by atoms with van der Waals surface area (Å²) in [5.41, 5.74) is 7.75. The fourth-order valence-corrected chi connectivity index (χ4v) is 1.50. The van der Waals surface area contributed by atoms with Gasteiger partial charge in [0.1, 0.15) is 5.69 Å². The second-order valence-corrected chi connectivity index (χ2v) is 3.84. The van der Waals surface area contributed by atoms with Crippen molar-refractivity contribution < 1.29 is 4.79 Å². The van der Waals surface area contributed by atoms with Crippen molar-refractivity contribution >= 4 is 5.91 Å². The van der Waals surface area contributed by atoms with E-state index in [0.717, 1.165) is 11.3 Å². The van der Waals surface area contributed by atoms with Gasteiger partial charge < -0.3 is 16.0 Å². The quantitative estimate of drug-likeness (QED) is 0.702. The van der Waals surface area contributed by atoms with E-state index in [-0.39, 0.29) is 5.91 Å². The van der Waals surface area contributed by atoms with E-state index in [2.05, 4.69) is 20.3 Å². The smallest absolute Gasteiger partial charge is 0.269 e. The number of H-pyrrole nitrogens is 1. The Morgan fingerprint density at radius 3 is 2.89 bits per heavy atom. The summed E-state index contributed by atoms with van der Waals surface area (Å²) in [6.07, 6.45) is 5.68. The highest BCUT2D eigenvalue weighted by molar-refractivity contribution is 5.92. The van der Waals surface area contributed by atoms with Gasteiger partial charge in [-0.3, -0.25) is 9.78 Å². The highest BCUT2D eigenvalue weighted by Gasteiger charge is 2.06. The number of aromatic amines is 1. The summed E-state index contributed by atoms with van der Waals surface area (Å²) >= 11 is 0. The van der Waals surface area contributed by atoms with Crippen molar-refractivity contribution in [3.63, 3.8) is 0 Å². The molecule has 0 aliphatic carbocycles. The molecule has 94 valence electrons. The van der Waals surface area contributed by atoms with E-state index in [1.54, 1.807) is 30.9 Å². The Kier molecular flexibility index (Phi) is 4.03. The molecule has 2 aromatic heterocycles. The van der Waals surface area contributed by atoms with Crippen LogP contribution < -0.4 is 11.1 Å². The third-order valence-corrected chi connectivity index (χ3v) is 2.53. The number of nitrogens with two attached hydrogens (primary N) is 1. The van der Waals surface area contributed by atoms with Gasteiger partial charge in [0.2, 0.25) is 0 Å². The van der Waals surface area contributed by atoms with Crippen LogP contribution in [0.5, 0.6) is 0 Å². The predicted octanol–water partition coefficient (Wildman–Crippen LogP) is 0.236. The van der Waals surface area contributed by atoms with E-state index in [0.29, 0.717) is 25.2 Å². The van der Waals surface area contributed by atoms with E-state index < -0.39 is 0 Å². The van der Waals surface area contributed by atoms with E-state index >= 15 is 0 Å². The van der Waals surface area contributed by atoms with Crippen LogP contribution >= 0.6 is 0 Å². The average molecular weight is 245 g/mol. The van der Waals surface area contributed by atoms with Gasteiger partial charge in [-0.05, 0) is 11.6 Å². The van der Waals surface area contributed by atoms with Crippen molar-refractivity contribution in [3.05, 3.63) is 47.8 Å². The molecule has 0 fully saturated rings. The summed E-state index contributed by atoms with van der Waals surface area (Å²) in [5, 5.41) is 2.79. The van der Waals surface area contributed by atoms with Crippen LogP contribution in [0.15, 0.2) is 30.9 Å². The number of rotatable bonds is 5. The summed E-state index contributed by atoms with van der Waals surface area (Å²) in [4.78, 5) is 22.7. The Balaban J connectivity index is 1.83. The van der Waals surface area contributed by atoms with Crippen molar-refractivity contribution in [2.75, 3.05) is 6.54 Å². The summed E-state index contributed by atoms with van der Waals surface area (Å²) in [5.74, 6) is -0.182. The zero-order valence-corrected chi connectivity index (χ0v) is 9.89. The molecule has 0 saturated carbocycles. The first-order valence-electron chi connectivity index (χ1n) is 5.70. The van der Waals surface area contributed by atoms with Gasteiger partial charge in [-0.1, -0.05) is 6.07 Å². The molecule has 0 radical (unpaired) electrons. The maximum Gasteiger partial charge on any atom is 0.269 e. The number of amides is 1. The minimum atomic E-state index is -0.182. The molecule has 0 saturated heterocycles. The molecule has 2 heterocycles. The molecule has 2 aromatic rings. The number of carbonyl (C=O) groups excluding carboxylic acids is 1. The van der Waals surface area contributed by atoms with Gasteiger partial charge in [0.25, 0.3) is 5.91 Å². The minimum Gasteiger partial charge on any atom is -0.350 e. The van der Waals surface area contributed by atoms with Crippen LogP contribution in [-0.4, -0.2) is 27.4 Å². The number of nitrogens with one attached hydrogen (secondary N) is 2. The Morgan fingerprint density at radius 2 is 2.28 bits per heavy atom. The molecule has 1 amide bonds. The van der Waals surface area contributed by atoms with Gasteiger partial charge in [-0.2, -0.15) is 0 Å². The van der Waals surface area contributed by atoms with Gasteiger partial charge in [0, 0.05) is 37.6 Å². The van der Waals surface area contributed by atoms with Crippen LogP contribution in [0.2, 0.25) is 0 Å². The van der Waals surface area contributed by atoms with Gasteiger partial charge in [0.05, 0.1) is 6.33 Å². The topological polar surface area (TPSA) is 96.7 Å². The summed E-state index contributed by atoms with van der Waals surface area (Å²) < 4.78 is 0. The fourth-order valence-electron chi connectivity index (χ4n) is 1.50. The first-order chi connectivity index (χ1) is 8.79. The van der Waals surface area contributed by atoms with E-state index in [9.17, 15) is 4.79 Å². The van der Waals surface area contributed by atoms with Crippen LogP contribution in [0.3, 0.4) is 0 Å². The van der Waals surface area contributed by atoms with Crippen LogP contribution in [-0.2, 0) is 13.0 Å². The van der Waals surface area contributed by atoms with E-state index in [1.807, 2.05) is 0 Å². The molecule has 18 heavy (non-hydrogen) atoms. The number of hydrogen-bond donors (Lipinski definition) is 3. The van der Waals surface area contributed by atoms with Gasteiger partial charge >= 0.3 is 0 Å². The van der Waals surface area contributed by atoms with Crippen LogP contribution in [0.4, 0.5) is 0 Å². The third kappa shape index (κ3) is 3.14. The van der Waals surface area contributed by atoms with Gasteiger partial charge in [-0.25, -0.2) is 4.98 Å². The molecule has 0 aromatic carbocycles. The van der Waals surface area contributed by atoms with E-state index in [1.165, 1.54) is 0 Å². The molecule has 6 nitrogen and oxygen atoms in total. The molecule has 0 unspecified atom stereocenters. The van der Waals surface area contributed by atoms with Crippen LogP contribution in [0.25, 0.3) is 0 Å². The second-order valence-electron chi connectivity index (χ2n) is 3.84. The lowest BCUT2D eigenvalue weighted by Crippen LogP contribution is -2.26. The molecular formula is C12H15N5O. The van der Waals surface area contributed by atoms with Crippen LogP contribution in [0.1, 0.15) is 21.7 Å². The number of imidazole rings is 1. The molecule has 2 rings (SSSR count). The number of carbonyl (C=O) groups is 1. The van der Waals surface area contributed by atoms with Crippen molar-refractivity contribution in [1.29, 1.82) is 0 Å². The lowest BCUT2D eigenvalue weighted by molar-refractivity contribution is 0.0949. The van der Waals surface area contributed by atoms with Crippen molar-refractivity contribution in [2.45, 2.75) is 13.0 Å². The minimum absolute atomic E-state index is 0.182. The lowest BCUT2D eigenvalue weighted by atomic mass is 10.2. The number of hydrogen-bond acceptors (Lipinski definition) is 4. The molecule has 0 aliphatic heterocycles. The highest BCUT2D eigenvalue weighted by Crippen LogP contribution is 1.99. The van der Waals surface area contributed by atoms with Gasteiger partial charge in [-0.15, -0.1) is 0 Å². The van der Waals surface area contributed by atoms with Crippen molar-refractivity contribution in [2.24, 2.45) is 5.73 Å². The molecule has 4 N–H and O–H groups in total. The molecular weight excluding hydrogens is 230 g/mol. The Labute approximate surface area is 105 Å². The fraction of sp³-hybridized carbons (Fsp3) is 0.250. The second kappa shape index (κ2) is 5.92. The highest BCUT2D eigenvalue weighted by atomic mass is 16.1.